The molecule has 1 aliphatic rings. The molecule has 0 spiro atoms. The molecule has 19 heavy (non-hydrogen) atoms. The molecule has 4 heteroatoms. The van der Waals surface area contributed by atoms with Gasteiger partial charge < -0.3 is 4.90 Å². The van der Waals surface area contributed by atoms with Crippen molar-refractivity contribution in [2.75, 3.05) is 11.4 Å². The topological polar surface area (TPSA) is 33.2 Å². The Bertz CT molecular complexity index is 447. The van der Waals surface area contributed by atoms with Gasteiger partial charge in [0.2, 0.25) is 0 Å². The number of thiazole rings is 1. The maximum Gasteiger partial charge on any atom is 0.186 e. The van der Waals surface area contributed by atoms with E-state index in [2.05, 4.69) is 32.6 Å². The van der Waals surface area contributed by atoms with Crippen molar-refractivity contribution in [2.24, 2.45) is 0 Å². The Hall–Kier alpha value is -0.900. The molecule has 1 fully saturated rings. The number of carbonyl (C=O) groups is 1. The number of anilines is 1. The highest BCUT2D eigenvalue weighted by molar-refractivity contribution is 7.17. The Kier molecular flexibility index (Phi) is 4.29. The van der Waals surface area contributed by atoms with E-state index in [1.54, 1.807) is 11.3 Å². The van der Waals surface area contributed by atoms with Gasteiger partial charge in [-0.3, -0.25) is 4.79 Å². The summed E-state index contributed by atoms with van der Waals surface area (Å²) < 4.78 is 0. The number of aldehydes is 1. The van der Waals surface area contributed by atoms with Crippen LogP contribution < -0.4 is 4.90 Å². The predicted molar refractivity (Wildman–Crippen MR) is 81.5 cm³/mol. The number of rotatable bonds is 2. The van der Waals surface area contributed by atoms with Crippen LogP contribution in [-0.2, 0) is 5.41 Å². The quantitative estimate of drug-likeness (QED) is 0.767. The minimum Gasteiger partial charge on any atom is -0.345 e. The summed E-state index contributed by atoms with van der Waals surface area (Å²) in [7, 11) is 0. The summed E-state index contributed by atoms with van der Waals surface area (Å²) in [6.07, 6.45) is 6.02. The molecule has 0 N–H and O–H groups in total. The highest BCUT2D eigenvalue weighted by Crippen LogP contribution is 2.34. The van der Waals surface area contributed by atoms with Gasteiger partial charge in [0.05, 0.1) is 10.6 Å². The molecule has 0 aliphatic carbocycles. The van der Waals surface area contributed by atoms with Gasteiger partial charge in [0.15, 0.2) is 11.4 Å². The summed E-state index contributed by atoms with van der Waals surface area (Å²) >= 11 is 1.55. The normalized spacial score (nSPS) is 21.3. The summed E-state index contributed by atoms with van der Waals surface area (Å²) in [5.41, 5.74) is 0.874. The van der Waals surface area contributed by atoms with Crippen LogP contribution in [0.5, 0.6) is 0 Å². The standard InChI is InChI=1S/C15H24N2OS/c1-11-8-6-5-7-9-17(11)14-16-13(15(2,3)4)12(10-18)19-14/h10-11H,5-9H2,1-4H3. The van der Waals surface area contributed by atoms with Crippen LogP contribution >= 0.6 is 11.3 Å². The Morgan fingerprint density at radius 1 is 1.32 bits per heavy atom. The van der Waals surface area contributed by atoms with Crippen LogP contribution in [0.2, 0.25) is 0 Å². The van der Waals surface area contributed by atoms with Crippen molar-refractivity contribution in [3.63, 3.8) is 0 Å². The summed E-state index contributed by atoms with van der Waals surface area (Å²) in [6, 6.07) is 0.529. The molecular weight excluding hydrogens is 256 g/mol. The number of nitrogens with zero attached hydrogens (tertiary/aromatic N) is 2. The third-order valence-electron chi connectivity index (χ3n) is 3.76. The second-order valence-electron chi connectivity index (χ2n) is 6.47. The number of hydrogen-bond donors (Lipinski definition) is 0. The molecule has 1 saturated heterocycles. The van der Waals surface area contributed by atoms with E-state index in [1.807, 2.05) is 0 Å². The maximum atomic E-state index is 11.3. The van der Waals surface area contributed by atoms with E-state index < -0.39 is 0 Å². The molecule has 0 amide bonds. The van der Waals surface area contributed by atoms with Gasteiger partial charge in [0, 0.05) is 18.0 Å². The SMILES string of the molecule is CC1CCCCCN1c1nc(C(C)(C)C)c(C=O)s1. The summed E-state index contributed by atoms with van der Waals surface area (Å²) in [6.45, 7) is 9.68. The van der Waals surface area contributed by atoms with Crippen molar-refractivity contribution in [1.82, 2.24) is 4.98 Å². The lowest BCUT2D eigenvalue weighted by Crippen LogP contribution is -2.32. The molecule has 106 valence electrons. The average molecular weight is 280 g/mol. The van der Waals surface area contributed by atoms with Gasteiger partial charge in [-0.15, -0.1) is 0 Å². The zero-order chi connectivity index (χ0) is 14.0. The molecule has 1 unspecified atom stereocenters. The fraction of sp³-hybridized carbons (Fsp3) is 0.733. The fourth-order valence-corrected chi connectivity index (χ4v) is 3.84. The number of hydrogen-bond acceptors (Lipinski definition) is 4. The van der Waals surface area contributed by atoms with Crippen molar-refractivity contribution in [2.45, 2.75) is 64.8 Å². The van der Waals surface area contributed by atoms with Crippen LogP contribution in [-0.4, -0.2) is 23.9 Å². The van der Waals surface area contributed by atoms with Gasteiger partial charge in [0.1, 0.15) is 0 Å². The Morgan fingerprint density at radius 2 is 2.05 bits per heavy atom. The van der Waals surface area contributed by atoms with E-state index in [1.165, 1.54) is 25.7 Å². The van der Waals surface area contributed by atoms with Crippen LogP contribution in [0, 0.1) is 0 Å². The number of aromatic nitrogens is 1. The lowest BCUT2D eigenvalue weighted by Gasteiger charge is -2.26. The third-order valence-corrected chi connectivity index (χ3v) is 4.78. The first-order chi connectivity index (χ1) is 8.93. The Labute approximate surface area is 120 Å². The smallest absolute Gasteiger partial charge is 0.186 e. The second-order valence-corrected chi connectivity index (χ2v) is 7.48. The molecule has 1 atom stereocenters. The predicted octanol–water partition coefficient (Wildman–Crippen LogP) is 4.02. The lowest BCUT2D eigenvalue weighted by atomic mass is 9.91. The van der Waals surface area contributed by atoms with Crippen LogP contribution in [0.3, 0.4) is 0 Å². The second kappa shape index (κ2) is 5.61. The third kappa shape index (κ3) is 3.16. The van der Waals surface area contributed by atoms with E-state index in [0.29, 0.717) is 6.04 Å². The number of carbonyl (C=O) groups excluding carboxylic acids is 1. The zero-order valence-corrected chi connectivity index (χ0v) is 13.2. The summed E-state index contributed by atoms with van der Waals surface area (Å²) in [5.74, 6) is 0. The van der Waals surface area contributed by atoms with Crippen LogP contribution in [0.1, 0.15) is 68.7 Å². The van der Waals surface area contributed by atoms with E-state index >= 15 is 0 Å². The van der Waals surface area contributed by atoms with E-state index in [0.717, 1.165) is 28.5 Å². The minimum absolute atomic E-state index is 0.0694. The summed E-state index contributed by atoms with van der Waals surface area (Å²) in [4.78, 5) is 19.2. The molecule has 1 aromatic rings. The first kappa shape index (κ1) is 14.5. The van der Waals surface area contributed by atoms with Gasteiger partial charge in [-0.05, 0) is 19.8 Å². The first-order valence-corrected chi connectivity index (χ1v) is 7.98. The van der Waals surface area contributed by atoms with E-state index in [9.17, 15) is 4.79 Å². The fourth-order valence-electron chi connectivity index (χ4n) is 2.62. The van der Waals surface area contributed by atoms with Gasteiger partial charge >= 0.3 is 0 Å². The molecule has 2 heterocycles. The molecule has 0 bridgehead atoms. The molecule has 0 radical (unpaired) electrons. The average Bonchev–Trinajstić information content (AvgIpc) is 2.66. The van der Waals surface area contributed by atoms with Crippen molar-refractivity contribution in [3.05, 3.63) is 10.6 Å². The van der Waals surface area contributed by atoms with Crippen LogP contribution in [0.15, 0.2) is 0 Å². The van der Waals surface area contributed by atoms with Gasteiger partial charge in [-0.1, -0.05) is 44.9 Å². The van der Waals surface area contributed by atoms with Gasteiger partial charge in [-0.2, -0.15) is 0 Å². The van der Waals surface area contributed by atoms with Gasteiger partial charge in [-0.25, -0.2) is 4.98 Å². The Balaban J connectivity index is 2.34. The Morgan fingerprint density at radius 3 is 2.63 bits per heavy atom. The molecule has 0 aromatic carbocycles. The van der Waals surface area contributed by atoms with Crippen LogP contribution in [0.4, 0.5) is 5.13 Å². The highest BCUT2D eigenvalue weighted by atomic mass is 32.1. The molecule has 0 saturated carbocycles. The molecule has 3 nitrogen and oxygen atoms in total. The van der Waals surface area contributed by atoms with Crippen molar-refractivity contribution in [3.8, 4) is 0 Å². The van der Waals surface area contributed by atoms with Crippen molar-refractivity contribution >= 4 is 22.8 Å². The monoisotopic (exact) mass is 280 g/mol. The van der Waals surface area contributed by atoms with E-state index in [4.69, 9.17) is 4.98 Å². The highest BCUT2D eigenvalue weighted by Gasteiger charge is 2.27. The molecular formula is C15H24N2OS. The molecule has 1 aliphatic heterocycles. The van der Waals surface area contributed by atoms with Crippen molar-refractivity contribution < 1.29 is 4.79 Å². The van der Waals surface area contributed by atoms with Crippen molar-refractivity contribution in [1.29, 1.82) is 0 Å². The lowest BCUT2D eigenvalue weighted by molar-refractivity contribution is 0.112. The minimum atomic E-state index is -0.0694. The first-order valence-electron chi connectivity index (χ1n) is 7.16. The molecule has 2 rings (SSSR count). The molecule has 1 aromatic heterocycles. The maximum absolute atomic E-state index is 11.3. The van der Waals surface area contributed by atoms with Crippen LogP contribution in [0.25, 0.3) is 0 Å². The zero-order valence-electron chi connectivity index (χ0n) is 12.4. The summed E-state index contributed by atoms with van der Waals surface area (Å²) in [5, 5.41) is 1.03. The van der Waals surface area contributed by atoms with E-state index in [-0.39, 0.29) is 5.41 Å². The largest absolute Gasteiger partial charge is 0.345 e. The van der Waals surface area contributed by atoms with Gasteiger partial charge in [0.25, 0.3) is 0 Å².